The quantitative estimate of drug-likeness (QED) is 0.558. The smallest absolute Gasteiger partial charge is 0.0491 e. The third kappa shape index (κ3) is 4.73. The molecule has 1 atom stereocenters. The van der Waals surface area contributed by atoms with E-state index in [9.17, 15) is 0 Å². The summed E-state index contributed by atoms with van der Waals surface area (Å²) in [6.07, 6.45) is 5.18. The number of ether oxygens (including phenoxy) is 2. The molecule has 0 amide bonds. The molecular weight excluding hydrogens is 152 g/mol. The summed E-state index contributed by atoms with van der Waals surface area (Å²) >= 11 is 0. The zero-order chi connectivity index (χ0) is 8.65. The fraction of sp³-hybridized carbons (Fsp3) is 1.00. The molecule has 2 nitrogen and oxygen atoms in total. The van der Waals surface area contributed by atoms with Crippen molar-refractivity contribution in [2.45, 2.75) is 32.6 Å². The Labute approximate surface area is 75.2 Å². The lowest BCUT2D eigenvalue weighted by Crippen LogP contribution is -2.13. The zero-order valence-electron chi connectivity index (χ0n) is 8.05. The monoisotopic (exact) mass is 172 g/mol. The maximum atomic E-state index is 5.18. The van der Waals surface area contributed by atoms with Gasteiger partial charge in [-0.25, -0.2) is 0 Å². The summed E-state index contributed by atoms with van der Waals surface area (Å²) in [6.45, 7) is 6.21. The molecule has 0 aromatic rings. The highest BCUT2D eigenvalue weighted by Gasteiger charge is 2.06. The highest BCUT2D eigenvalue weighted by Crippen LogP contribution is 2.10. The van der Waals surface area contributed by atoms with E-state index < -0.39 is 0 Å². The van der Waals surface area contributed by atoms with E-state index >= 15 is 0 Å². The normalized spacial score (nSPS) is 29.2. The summed E-state index contributed by atoms with van der Waals surface area (Å²) in [4.78, 5) is 0. The van der Waals surface area contributed by atoms with Gasteiger partial charge in [0.25, 0.3) is 0 Å². The van der Waals surface area contributed by atoms with E-state index in [1.54, 1.807) is 0 Å². The van der Waals surface area contributed by atoms with Crippen molar-refractivity contribution in [2.75, 3.05) is 26.4 Å². The molecule has 0 aliphatic carbocycles. The molecule has 2 heteroatoms. The molecule has 12 heavy (non-hydrogen) atoms. The molecule has 0 radical (unpaired) electrons. The molecule has 0 aromatic heterocycles. The minimum Gasteiger partial charge on any atom is -0.381 e. The molecule has 1 unspecified atom stereocenters. The van der Waals surface area contributed by atoms with Crippen molar-refractivity contribution >= 4 is 0 Å². The summed E-state index contributed by atoms with van der Waals surface area (Å²) in [5, 5.41) is 0. The molecule has 0 bridgehead atoms. The first-order valence-corrected chi connectivity index (χ1v) is 5.05. The fourth-order valence-electron chi connectivity index (χ4n) is 1.41. The maximum Gasteiger partial charge on any atom is 0.0491 e. The predicted octanol–water partition coefficient (Wildman–Crippen LogP) is 2.23. The van der Waals surface area contributed by atoms with Crippen molar-refractivity contribution in [2.24, 2.45) is 5.92 Å². The van der Waals surface area contributed by atoms with E-state index in [1.807, 2.05) is 0 Å². The lowest BCUT2D eigenvalue weighted by molar-refractivity contribution is 0.0616. The van der Waals surface area contributed by atoms with Crippen LogP contribution >= 0.6 is 0 Å². The Morgan fingerprint density at radius 2 is 1.58 bits per heavy atom. The lowest BCUT2D eigenvalue weighted by Gasteiger charge is -2.16. The van der Waals surface area contributed by atoms with E-state index in [2.05, 4.69) is 6.92 Å². The van der Waals surface area contributed by atoms with Gasteiger partial charge in [0.1, 0.15) is 0 Å². The molecule has 72 valence electrons. The lowest BCUT2D eigenvalue weighted by atomic mass is 10.1. The first-order valence-electron chi connectivity index (χ1n) is 5.05. The molecular formula is C10H20O2. The molecule has 0 aromatic carbocycles. The maximum absolute atomic E-state index is 5.18. The molecule has 0 N–H and O–H groups in total. The van der Waals surface area contributed by atoms with E-state index in [0.29, 0.717) is 0 Å². The van der Waals surface area contributed by atoms with E-state index in [4.69, 9.17) is 9.47 Å². The summed E-state index contributed by atoms with van der Waals surface area (Å²) in [7, 11) is 0. The van der Waals surface area contributed by atoms with Crippen molar-refractivity contribution in [3.05, 3.63) is 0 Å². The van der Waals surface area contributed by atoms with Crippen molar-refractivity contribution in [1.82, 2.24) is 0 Å². The van der Waals surface area contributed by atoms with Crippen molar-refractivity contribution in [3.8, 4) is 0 Å². The Hall–Kier alpha value is -0.0800. The van der Waals surface area contributed by atoms with Crippen LogP contribution in [-0.4, -0.2) is 26.4 Å². The van der Waals surface area contributed by atoms with E-state index in [0.717, 1.165) is 32.3 Å². The first-order chi connectivity index (χ1) is 5.89. The average molecular weight is 172 g/mol. The van der Waals surface area contributed by atoms with Crippen LogP contribution in [0, 0.1) is 5.92 Å². The minimum atomic E-state index is 0.814. The van der Waals surface area contributed by atoms with Gasteiger partial charge in [0.2, 0.25) is 0 Å². The second-order valence-corrected chi connectivity index (χ2v) is 3.64. The van der Waals surface area contributed by atoms with Gasteiger partial charge in [-0.3, -0.25) is 0 Å². The van der Waals surface area contributed by atoms with Crippen LogP contribution in [-0.2, 0) is 9.47 Å². The van der Waals surface area contributed by atoms with Crippen LogP contribution < -0.4 is 0 Å². The molecule has 0 saturated carbocycles. The fourth-order valence-corrected chi connectivity index (χ4v) is 1.41. The summed E-state index contributed by atoms with van der Waals surface area (Å²) in [5.74, 6) is 0.814. The predicted molar refractivity (Wildman–Crippen MR) is 49.3 cm³/mol. The van der Waals surface area contributed by atoms with Gasteiger partial charge in [0.15, 0.2) is 0 Å². The Morgan fingerprint density at radius 3 is 1.83 bits per heavy atom. The second-order valence-electron chi connectivity index (χ2n) is 3.64. The Kier molecular flexibility index (Phi) is 5.37. The molecule has 0 spiro atoms. The van der Waals surface area contributed by atoms with Gasteiger partial charge in [-0.05, 0) is 31.6 Å². The van der Waals surface area contributed by atoms with Crippen molar-refractivity contribution < 1.29 is 9.47 Å². The van der Waals surface area contributed by atoms with Gasteiger partial charge in [-0.2, -0.15) is 0 Å². The van der Waals surface area contributed by atoms with Crippen LogP contribution in [0.25, 0.3) is 0 Å². The van der Waals surface area contributed by atoms with Crippen LogP contribution in [0.5, 0.6) is 0 Å². The van der Waals surface area contributed by atoms with Gasteiger partial charge in [-0.1, -0.05) is 6.92 Å². The van der Waals surface area contributed by atoms with Gasteiger partial charge in [-0.15, -0.1) is 0 Å². The van der Waals surface area contributed by atoms with Crippen LogP contribution in [0.15, 0.2) is 0 Å². The second kappa shape index (κ2) is 6.44. The highest BCUT2D eigenvalue weighted by atomic mass is 16.5. The van der Waals surface area contributed by atoms with Crippen molar-refractivity contribution in [1.29, 1.82) is 0 Å². The first kappa shape index (κ1) is 10.0. The van der Waals surface area contributed by atoms with Crippen LogP contribution in [0.2, 0.25) is 0 Å². The summed E-state index contributed by atoms with van der Waals surface area (Å²) < 4.78 is 10.1. The SMILES string of the molecule is C1CCOC1.CC1CCCOC1. The standard InChI is InChI=1S/C6H12O.C4H8O/c1-6-3-2-4-7-5-6;1-2-4-5-3-1/h6H,2-5H2,1H3;1-4H2. The van der Waals surface area contributed by atoms with Crippen molar-refractivity contribution in [3.63, 3.8) is 0 Å². The number of hydrogen-bond acceptors (Lipinski definition) is 2. The molecule has 2 heterocycles. The Morgan fingerprint density at radius 1 is 0.917 bits per heavy atom. The average Bonchev–Trinajstić information content (AvgIpc) is 2.62. The van der Waals surface area contributed by atoms with Crippen LogP contribution in [0.1, 0.15) is 32.6 Å². The summed E-state index contributed by atoms with van der Waals surface area (Å²) in [5.41, 5.74) is 0. The number of hydrogen-bond donors (Lipinski definition) is 0. The summed E-state index contributed by atoms with van der Waals surface area (Å²) in [6, 6.07) is 0. The molecule has 2 fully saturated rings. The molecule has 2 aliphatic rings. The van der Waals surface area contributed by atoms with E-state index in [1.165, 1.54) is 25.7 Å². The Bertz CT molecular complexity index is 86.4. The van der Waals surface area contributed by atoms with Crippen LogP contribution in [0.3, 0.4) is 0 Å². The molecule has 2 saturated heterocycles. The van der Waals surface area contributed by atoms with Gasteiger partial charge >= 0.3 is 0 Å². The minimum absolute atomic E-state index is 0.814. The molecule has 2 rings (SSSR count). The van der Waals surface area contributed by atoms with Crippen LogP contribution in [0.4, 0.5) is 0 Å². The third-order valence-electron chi connectivity index (χ3n) is 2.22. The van der Waals surface area contributed by atoms with Gasteiger partial charge < -0.3 is 9.47 Å². The largest absolute Gasteiger partial charge is 0.381 e. The molecule has 2 aliphatic heterocycles. The highest BCUT2D eigenvalue weighted by molar-refractivity contribution is 4.55. The topological polar surface area (TPSA) is 18.5 Å². The zero-order valence-corrected chi connectivity index (χ0v) is 8.05. The van der Waals surface area contributed by atoms with Gasteiger partial charge in [0, 0.05) is 26.4 Å². The van der Waals surface area contributed by atoms with E-state index in [-0.39, 0.29) is 0 Å². The van der Waals surface area contributed by atoms with Gasteiger partial charge in [0.05, 0.1) is 0 Å². The Balaban J connectivity index is 0.000000127. The number of rotatable bonds is 0. The third-order valence-corrected chi connectivity index (χ3v) is 2.22.